The molecule has 0 spiro atoms. The number of hydrogen-bond donors (Lipinski definition) is 2. The van der Waals surface area contributed by atoms with E-state index in [-0.39, 0.29) is 18.0 Å². The van der Waals surface area contributed by atoms with E-state index < -0.39 is 0 Å². The van der Waals surface area contributed by atoms with Gasteiger partial charge in [0, 0.05) is 42.1 Å². The molecule has 1 aliphatic rings. The monoisotopic (exact) mass is 496 g/mol. The number of nitrogens with zero attached hydrogens (tertiary/aromatic N) is 4. The van der Waals surface area contributed by atoms with E-state index in [1.807, 2.05) is 74.8 Å². The first-order chi connectivity index (χ1) is 17.5. The van der Waals surface area contributed by atoms with Crippen LogP contribution in [0.1, 0.15) is 48.1 Å². The molecule has 1 aromatic carbocycles. The van der Waals surface area contributed by atoms with Crippen molar-refractivity contribution in [2.45, 2.75) is 38.9 Å². The molecule has 3 aromatic heterocycles. The summed E-state index contributed by atoms with van der Waals surface area (Å²) >= 11 is 5.88. The topological polar surface area (TPSA) is 75.1 Å². The molecule has 1 aliphatic heterocycles. The molecule has 1 amide bonds. The molecule has 0 saturated carbocycles. The number of amides is 1. The minimum absolute atomic E-state index is 0.00958. The lowest BCUT2D eigenvalue weighted by Crippen LogP contribution is -2.30. The number of hydrogen-bond acceptors (Lipinski definition) is 4. The molecule has 2 N–H and O–H groups in total. The third-order valence-electron chi connectivity index (χ3n) is 6.41. The molecule has 8 heteroatoms. The largest absolute Gasteiger partial charge is 0.351 e. The van der Waals surface area contributed by atoms with Gasteiger partial charge < -0.3 is 20.1 Å². The van der Waals surface area contributed by atoms with Crippen molar-refractivity contribution in [3.8, 4) is 0 Å². The summed E-state index contributed by atoms with van der Waals surface area (Å²) in [6, 6.07) is 21.8. The Labute approximate surface area is 216 Å². The van der Waals surface area contributed by atoms with Gasteiger partial charge in [0.15, 0.2) is 5.11 Å². The molecule has 182 valence electrons. The van der Waals surface area contributed by atoms with Crippen LogP contribution in [0, 0.1) is 6.92 Å². The van der Waals surface area contributed by atoms with Crippen molar-refractivity contribution < 1.29 is 4.79 Å². The second-order valence-electron chi connectivity index (χ2n) is 8.78. The molecule has 1 saturated heterocycles. The lowest BCUT2D eigenvalue weighted by molar-refractivity contribution is -0.115. The number of carbonyl (C=O) groups excluding carboxylic acids is 1. The Kier molecular flexibility index (Phi) is 6.77. The number of anilines is 2. The number of pyridine rings is 2. The van der Waals surface area contributed by atoms with Gasteiger partial charge in [-0.1, -0.05) is 19.1 Å². The maximum absolute atomic E-state index is 12.0. The standard InChI is InChI=1S/C28H28N6OS/c1-3-25(35)31-22-13-12-21(17-19(22)2)34-27(26(32-28(34)36)23-10-5-7-15-30-23)24-11-8-16-33(24)18-20-9-4-6-14-29-20/h4-17,26-27H,3,18H2,1-2H3,(H,31,35)(H,32,36)/t26-,27-/m0/s1. The van der Waals surface area contributed by atoms with Crippen molar-refractivity contribution in [3.63, 3.8) is 0 Å². The van der Waals surface area contributed by atoms with E-state index in [0.717, 1.165) is 34.0 Å². The summed E-state index contributed by atoms with van der Waals surface area (Å²) in [4.78, 5) is 23.3. The van der Waals surface area contributed by atoms with Crippen LogP contribution in [-0.4, -0.2) is 25.6 Å². The predicted octanol–water partition coefficient (Wildman–Crippen LogP) is 5.16. The lowest BCUT2D eigenvalue weighted by Gasteiger charge is -2.29. The minimum atomic E-state index is -0.143. The SMILES string of the molecule is CCC(=O)Nc1ccc(N2C(=S)N[C@@H](c3ccccn3)[C@@H]2c2cccn2Cc2ccccn2)cc1C. The van der Waals surface area contributed by atoms with Gasteiger partial charge in [0.1, 0.15) is 6.04 Å². The highest BCUT2D eigenvalue weighted by atomic mass is 32.1. The molecule has 4 heterocycles. The smallest absolute Gasteiger partial charge is 0.224 e. The number of nitrogens with one attached hydrogen (secondary N) is 2. The molecule has 4 aromatic rings. The molecular formula is C28H28N6OS. The van der Waals surface area contributed by atoms with Crippen molar-refractivity contribution in [3.05, 3.63) is 108 Å². The van der Waals surface area contributed by atoms with E-state index >= 15 is 0 Å². The molecular weight excluding hydrogens is 468 g/mol. The molecule has 0 aliphatic carbocycles. The number of carbonyl (C=O) groups is 1. The van der Waals surface area contributed by atoms with Gasteiger partial charge in [-0.3, -0.25) is 14.8 Å². The van der Waals surface area contributed by atoms with E-state index in [4.69, 9.17) is 12.2 Å². The number of benzene rings is 1. The first kappa shape index (κ1) is 23.7. The van der Waals surface area contributed by atoms with Gasteiger partial charge in [0.25, 0.3) is 0 Å². The zero-order valence-electron chi connectivity index (χ0n) is 20.3. The first-order valence-corrected chi connectivity index (χ1v) is 12.4. The van der Waals surface area contributed by atoms with Gasteiger partial charge in [-0.05, 0) is 79.3 Å². The zero-order valence-corrected chi connectivity index (χ0v) is 21.1. The van der Waals surface area contributed by atoms with Gasteiger partial charge in [-0.25, -0.2) is 0 Å². The number of aromatic nitrogens is 3. The Morgan fingerprint density at radius 3 is 2.56 bits per heavy atom. The molecule has 0 radical (unpaired) electrons. The highest BCUT2D eigenvalue weighted by Crippen LogP contribution is 2.42. The van der Waals surface area contributed by atoms with E-state index in [9.17, 15) is 4.79 Å². The Balaban J connectivity index is 1.56. The number of rotatable bonds is 7. The van der Waals surface area contributed by atoms with Crippen molar-refractivity contribution in [1.82, 2.24) is 19.9 Å². The first-order valence-electron chi connectivity index (χ1n) is 12.0. The molecule has 7 nitrogen and oxygen atoms in total. The molecule has 0 bridgehead atoms. The lowest BCUT2D eigenvalue weighted by atomic mass is 10.0. The van der Waals surface area contributed by atoms with Crippen LogP contribution in [-0.2, 0) is 11.3 Å². The van der Waals surface area contributed by atoms with E-state index in [2.05, 4.69) is 54.5 Å². The second kappa shape index (κ2) is 10.3. The van der Waals surface area contributed by atoms with E-state index in [0.29, 0.717) is 18.1 Å². The summed E-state index contributed by atoms with van der Waals surface area (Å²) in [5, 5.41) is 7.12. The summed E-state index contributed by atoms with van der Waals surface area (Å²) in [5.74, 6) is -0.00958. The Morgan fingerprint density at radius 2 is 1.86 bits per heavy atom. The van der Waals surface area contributed by atoms with Crippen LogP contribution in [0.5, 0.6) is 0 Å². The fourth-order valence-corrected chi connectivity index (χ4v) is 4.96. The summed E-state index contributed by atoms with van der Waals surface area (Å²) < 4.78 is 2.22. The molecule has 0 unspecified atom stereocenters. The average molecular weight is 497 g/mol. The maximum atomic E-state index is 12.0. The minimum Gasteiger partial charge on any atom is -0.351 e. The fourth-order valence-electron chi connectivity index (χ4n) is 4.62. The maximum Gasteiger partial charge on any atom is 0.224 e. The molecule has 1 fully saturated rings. The van der Waals surface area contributed by atoms with Crippen LogP contribution in [0.25, 0.3) is 0 Å². The van der Waals surface area contributed by atoms with Crippen LogP contribution in [0.4, 0.5) is 11.4 Å². The van der Waals surface area contributed by atoms with Crippen LogP contribution in [0.15, 0.2) is 85.3 Å². The Bertz CT molecular complexity index is 1370. The molecule has 5 rings (SSSR count). The Hall–Kier alpha value is -4.04. The van der Waals surface area contributed by atoms with Crippen LogP contribution in [0.3, 0.4) is 0 Å². The van der Waals surface area contributed by atoms with Crippen molar-refractivity contribution in [2.75, 3.05) is 10.2 Å². The quantitative estimate of drug-likeness (QED) is 0.344. The normalized spacial score (nSPS) is 17.2. The van der Waals surface area contributed by atoms with Gasteiger partial charge >= 0.3 is 0 Å². The number of thiocarbonyl (C=S) groups is 1. The molecule has 2 atom stereocenters. The summed E-state index contributed by atoms with van der Waals surface area (Å²) in [6.07, 6.45) is 6.13. The van der Waals surface area contributed by atoms with Crippen molar-refractivity contribution in [1.29, 1.82) is 0 Å². The zero-order chi connectivity index (χ0) is 25.1. The Morgan fingerprint density at radius 1 is 1.06 bits per heavy atom. The van der Waals surface area contributed by atoms with Crippen molar-refractivity contribution in [2.24, 2.45) is 0 Å². The average Bonchev–Trinajstić information content (AvgIpc) is 3.49. The summed E-state index contributed by atoms with van der Waals surface area (Å²) in [6.45, 7) is 4.49. The van der Waals surface area contributed by atoms with Crippen LogP contribution < -0.4 is 15.5 Å². The predicted molar refractivity (Wildman–Crippen MR) is 146 cm³/mol. The van der Waals surface area contributed by atoms with E-state index in [1.54, 1.807) is 0 Å². The summed E-state index contributed by atoms with van der Waals surface area (Å²) in [5.41, 5.74) is 5.73. The summed E-state index contributed by atoms with van der Waals surface area (Å²) in [7, 11) is 0. The van der Waals surface area contributed by atoms with E-state index in [1.165, 1.54) is 0 Å². The van der Waals surface area contributed by atoms with Gasteiger partial charge in [-0.2, -0.15) is 0 Å². The second-order valence-corrected chi connectivity index (χ2v) is 9.17. The van der Waals surface area contributed by atoms with Crippen LogP contribution >= 0.6 is 12.2 Å². The van der Waals surface area contributed by atoms with Crippen molar-refractivity contribution >= 4 is 34.6 Å². The highest BCUT2D eigenvalue weighted by molar-refractivity contribution is 7.80. The third kappa shape index (κ3) is 4.72. The number of aryl methyl sites for hydroxylation is 1. The van der Waals surface area contributed by atoms with Gasteiger partial charge in [-0.15, -0.1) is 0 Å². The van der Waals surface area contributed by atoms with Gasteiger partial charge in [0.05, 0.1) is 24.0 Å². The van der Waals surface area contributed by atoms with Crippen LogP contribution in [0.2, 0.25) is 0 Å². The third-order valence-corrected chi connectivity index (χ3v) is 6.72. The molecule has 36 heavy (non-hydrogen) atoms. The van der Waals surface area contributed by atoms with Gasteiger partial charge in [0.2, 0.25) is 5.91 Å². The highest BCUT2D eigenvalue weighted by Gasteiger charge is 2.42. The fraction of sp³-hybridized carbons (Fsp3) is 0.214.